The lowest BCUT2D eigenvalue weighted by molar-refractivity contribution is 0.301. The molecule has 0 saturated carbocycles. The summed E-state index contributed by atoms with van der Waals surface area (Å²) >= 11 is 5.75. The van der Waals surface area contributed by atoms with Gasteiger partial charge in [0.15, 0.2) is 11.5 Å². The zero-order valence-electron chi connectivity index (χ0n) is 14.5. The highest BCUT2D eigenvalue weighted by Crippen LogP contribution is 2.20. The van der Waals surface area contributed by atoms with Crippen LogP contribution in [-0.4, -0.2) is 22.7 Å². The molecule has 3 N–H and O–H groups in total. The number of aromatic nitrogens is 2. The van der Waals surface area contributed by atoms with Gasteiger partial charge in [0, 0.05) is 12.2 Å². The molecule has 3 aromatic rings. The fourth-order valence-electron chi connectivity index (χ4n) is 2.56. The molecule has 0 radical (unpaired) electrons. The first-order valence-electron chi connectivity index (χ1n) is 8.50. The monoisotopic (exact) mass is 387 g/mol. The Morgan fingerprint density at radius 2 is 1.96 bits per heavy atom. The van der Waals surface area contributed by atoms with E-state index in [-0.39, 0.29) is 10.9 Å². The quantitative estimate of drug-likeness (QED) is 0.308. The second-order valence-corrected chi connectivity index (χ2v) is 6.36. The molecule has 0 atom stereocenters. The highest BCUT2D eigenvalue weighted by Gasteiger charge is 2.15. The first kappa shape index (κ1) is 19.0. The number of anilines is 1. The van der Waals surface area contributed by atoms with Gasteiger partial charge in [0.05, 0.1) is 5.02 Å². The maximum atomic E-state index is 13.2. The van der Waals surface area contributed by atoms with Gasteiger partial charge in [-0.1, -0.05) is 47.1 Å². The second-order valence-electron chi connectivity index (χ2n) is 5.95. The number of benzene rings is 2. The maximum Gasteiger partial charge on any atom is 0.174 e. The predicted octanol–water partition coefficient (Wildman–Crippen LogP) is 4.02. The molecule has 0 aliphatic rings. The van der Waals surface area contributed by atoms with Crippen LogP contribution in [0.3, 0.4) is 0 Å². The minimum Gasteiger partial charge on any atom is -0.339 e. The summed E-state index contributed by atoms with van der Waals surface area (Å²) in [5.74, 6) is -0.516. The molecule has 0 aliphatic carbocycles. The molecule has 1 heterocycles. The second kappa shape index (κ2) is 9.25. The summed E-state index contributed by atoms with van der Waals surface area (Å²) in [5, 5.41) is 21.8. The molecule has 2 aromatic carbocycles. The smallest absolute Gasteiger partial charge is 0.174 e. The van der Waals surface area contributed by atoms with E-state index in [4.69, 9.17) is 21.6 Å². The van der Waals surface area contributed by atoms with Crippen molar-refractivity contribution >= 4 is 23.1 Å². The standard InChI is InChI=1S/C19H19ClFN5O/c20-15-11-14(8-9-16(15)21)24-19(22)18-17(25-27-26-18)12-23-10-4-7-13-5-2-1-3-6-13/h1-3,5-6,8-9,11,23H,4,7,10,12H2,(H2,22,24). The van der Waals surface area contributed by atoms with Crippen LogP contribution in [0.4, 0.5) is 10.1 Å². The Hall–Kier alpha value is -2.77. The number of hydrogen-bond donors (Lipinski definition) is 3. The van der Waals surface area contributed by atoms with Gasteiger partial charge < -0.3 is 10.6 Å². The molecular weight excluding hydrogens is 369 g/mol. The van der Waals surface area contributed by atoms with Crippen LogP contribution in [-0.2, 0) is 13.0 Å². The van der Waals surface area contributed by atoms with Crippen molar-refractivity contribution < 1.29 is 9.02 Å². The van der Waals surface area contributed by atoms with Crippen molar-refractivity contribution in [3.8, 4) is 0 Å². The topological polar surface area (TPSA) is 86.8 Å². The zero-order chi connectivity index (χ0) is 19.1. The van der Waals surface area contributed by atoms with Gasteiger partial charge in [-0.15, -0.1) is 0 Å². The van der Waals surface area contributed by atoms with Gasteiger partial charge in [-0.05, 0) is 48.3 Å². The molecule has 0 unspecified atom stereocenters. The molecule has 140 valence electrons. The minimum atomic E-state index is -0.516. The summed E-state index contributed by atoms with van der Waals surface area (Å²) in [6.07, 6.45) is 1.97. The van der Waals surface area contributed by atoms with E-state index in [2.05, 4.69) is 33.1 Å². The summed E-state index contributed by atoms with van der Waals surface area (Å²) in [7, 11) is 0. The third-order valence-corrected chi connectivity index (χ3v) is 4.23. The number of aryl methyl sites for hydroxylation is 1. The summed E-state index contributed by atoms with van der Waals surface area (Å²) in [6.45, 7) is 1.23. The van der Waals surface area contributed by atoms with Crippen LogP contribution in [0.2, 0.25) is 5.02 Å². The largest absolute Gasteiger partial charge is 0.339 e. The van der Waals surface area contributed by atoms with E-state index >= 15 is 0 Å². The van der Waals surface area contributed by atoms with Crippen LogP contribution in [0.5, 0.6) is 0 Å². The molecule has 0 spiro atoms. The van der Waals surface area contributed by atoms with Crippen LogP contribution in [0.25, 0.3) is 0 Å². The fraction of sp³-hybridized carbons (Fsp3) is 0.211. The SMILES string of the molecule is N=C(Nc1ccc(F)c(Cl)c1)c1nonc1CNCCCc1ccccc1. The van der Waals surface area contributed by atoms with Crippen LogP contribution in [0.1, 0.15) is 23.4 Å². The van der Waals surface area contributed by atoms with Gasteiger partial charge in [0.1, 0.15) is 11.5 Å². The lowest BCUT2D eigenvalue weighted by atomic mass is 10.1. The first-order valence-corrected chi connectivity index (χ1v) is 8.88. The van der Waals surface area contributed by atoms with Gasteiger partial charge in [-0.25, -0.2) is 9.02 Å². The van der Waals surface area contributed by atoms with Crippen LogP contribution in [0, 0.1) is 11.2 Å². The van der Waals surface area contributed by atoms with E-state index in [1.165, 1.54) is 23.8 Å². The number of hydrogen-bond acceptors (Lipinski definition) is 5. The van der Waals surface area contributed by atoms with Crippen molar-refractivity contribution in [2.24, 2.45) is 0 Å². The van der Waals surface area contributed by atoms with Gasteiger partial charge in [0.25, 0.3) is 0 Å². The summed E-state index contributed by atoms with van der Waals surface area (Å²) in [6, 6.07) is 14.4. The molecule has 0 fully saturated rings. The van der Waals surface area contributed by atoms with Gasteiger partial charge in [-0.2, -0.15) is 0 Å². The third-order valence-electron chi connectivity index (χ3n) is 3.94. The first-order chi connectivity index (χ1) is 13.1. The molecule has 1 aromatic heterocycles. The van der Waals surface area contributed by atoms with Crippen molar-refractivity contribution in [1.82, 2.24) is 15.6 Å². The Kier molecular flexibility index (Phi) is 6.51. The Bertz CT molecular complexity index is 900. The highest BCUT2D eigenvalue weighted by atomic mass is 35.5. The fourth-order valence-corrected chi connectivity index (χ4v) is 2.74. The van der Waals surface area contributed by atoms with Gasteiger partial charge in [-0.3, -0.25) is 5.41 Å². The van der Waals surface area contributed by atoms with Gasteiger partial charge >= 0.3 is 0 Å². The van der Waals surface area contributed by atoms with Gasteiger partial charge in [0.2, 0.25) is 0 Å². The normalized spacial score (nSPS) is 10.7. The predicted molar refractivity (Wildman–Crippen MR) is 103 cm³/mol. The van der Waals surface area contributed by atoms with Crippen molar-refractivity contribution in [1.29, 1.82) is 5.41 Å². The van der Waals surface area contributed by atoms with E-state index in [0.29, 0.717) is 23.6 Å². The number of rotatable bonds is 8. The van der Waals surface area contributed by atoms with Crippen LogP contribution < -0.4 is 10.6 Å². The number of amidine groups is 1. The molecule has 3 rings (SSSR count). The number of nitrogens with one attached hydrogen (secondary N) is 3. The number of halogens is 2. The zero-order valence-corrected chi connectivity index (χ0v) is 15.3. The van der Waals surface area contributed by atoms with E-state index in [0.717, 1.165) is 19.4 Å². The molecule has 0 bridgehead atoms. The minimum absolute atomic E-state index is 0.00000962. The van der Waals surface area contributed by atoms with E-state index in [1.807, 2.05) is 18.2 Å². The molecule has 0 aliphatic heterocycles. The Labute approximate surface area is 161 Å². The summed E-state index contributed by atoms with van der Waals surface area (Å²) < 4.78 is 18.0. The Balaban J connectivity index is 1.49. The summed E-state index contributed by atoms with van der Waals surface area (Å²) in [4.78, 5) is 0. The van der Waals surface area contributed by atoms with Crippen molar-refractivity contribution in [3.05, 3.63) is 76.3 Å². The van der Waals surface area contributed by atoms with Crippen molar-refractivity contribution in [2.45, 2.75) is 19.4 Å². The lowest BCUT2D eigenvalue weighted by Crippen LogP contribution is -2.20. The Morgan fingerprint density at radius 1 is 1.15 bits per heavy atom. The molecular formula is C19H19ClFN5O. The van der Waals surface area contributed by atoms with Crippen molar-refractivity contribution in [3.63, 3.8) is 0 Å². The highest BCUT2D eigenvalue weighted by molar-refractivity contribution is 6.31. The van der Waals surface area contributed by atoms with Crippen LogP contribution in [0.15, 0.2) is 53.2 Å². The van der Waals surface area contributed by atoms with Crippen molar-refractivity contribution in [2.75, 3.05) is 11.9 Å². The maximum absolute atomic E-state index is 13.2. The van der Waals surface area contributed by atoms with E-state index in [9.17, 15) is 4.39 Å². The number of nitrogens with zero attached hydrogens (tertiary/aromatic N) is 2. The summed E-state index contributed by atoms with van der Waals surface area (Å²) in [5.41, 5.74) is 2.61. The Morgan fingerprint density at radius 3 is 2.74 bits per heavy atom. The molecule has 6 nitrogen and oxygen atoms in total. The average Bonchev–Trinajstić information content (AvgIpc) is 3.14. The molecule has 0 saturated heterocycles. The molecule has 0 amide bonds. The molecule has 27 heavy (non-hydrogen) atoms. The average molecular weight is 388 g/mol. The third kappa shape index (κ3) is 5.35. The van der Waals surface area contributed by atoms with Crippen LogP contribution >= 0.6 is 11.6 Å². The van der Waals surface area contributed by atoms with E-state index < -0.39 is 5.82 Å². The lowest BCUT2D eigenvalue weighted by Gasteiger charge is -2.08. The molecule has 8 heteroatoms. The van der Waals surface area contributed by atoms with E-state index in [1.54, 1.807) is 0 Å².